The van der Waals surface area contributed by atoms with Crippen LogP contribution in [0.1, 0.15) is 18.1 Å². The number of nitro benzene ring substituents is 1. The first-order chi connectivity index (χ1) is 16.9. The standard InChI is InChI=1S/C25H20N2O7S/c1-2-33-23(28)14-26-24(29)22(35-25(26)30)13-20-19-9-4-3-7-17(19)10-11-21(20)34-15-16-6-5-8-18(12-16)27(31)32/h3-13H,2,14-15H2,1H3/b22-13+. The second-order valence-corrected chi connectivity index (χ2v) is 8.48. The van der Waals surface area contributed by atoms with Gasteiger partial charge in [-0.2, -0.15) is 0 Å². The zero-order valence-electron chi connectivity index (χ0n) is 18.6. The van der Waals surface area contributed by atoms with Crippen LogP contribution in [0.3, 0.4) is 0 Å². The first-order valence-corrected chi connectivity index (χ1v) is 11.5. The molecule has 1 aliphatic heterocycles. The van der Waals surface area contributed by atoms with Crippen LogP contribution in [-0.4, -0.2) is 40.1 Å². The predicted molar refractivity (Wildman–Crippen MR) is 131 cm³/mol. The molecule has 178 valence electrons. The number of rotatable bonds is 8. The number of carbonyl (C=O) groups excluding carboxylic acids is 3. The lowest BCUT2D eigenvalue weighted by molar-refractivity contribution is -0.384. The Bertz CT molecular complexity index is 1370. The van der Waals surface area contributed by atoms with E-state index in [0.29, 0.717) is 16.9 Å². The Morgan fingerprint density at radius 2 is 1.91 bits per heavy atom. The van der Waals surface area contributed by atoms with Crippen molar-refractivity contribution < 1.29 is 28.8 Å². The van der Waals surface area contributed by atoms with Gasteiger partial charge in [0.25, 0.3) is 16.8 Å². The van der Waals surface area contributed by atoms with E-state index in [1.807, 2.05) is 30.3 Å². The molecule has 0 aliphatic carbocycles. The second kappa shape index (κ2) is 10.4. The molecule has 35 heavy (non-hydrogen) atoms. The van der Waals surface area contributed by atoms with Crippen LogP contribution in [0.2, 0.25) is 0 Å². The molecule has 1 fully saturated rings. The fourth-order valence-electron chi connectivity index (χ4n) is 3.57. The summed E-state index contributed by atoms with van der Waals surface area (Å²) < 4.78 is 10.9. The summed E-state index contributed by atoms with van der Waals surface area (Å²) in [6.45, 7) is 1.39. The van der Waals surface area contributed by atoms with Crippen LogP contribution in [-0.2, 0) is 20.9 Å². The Kier molecular flexibility index (Phi) is 7.11. The Hall–Kier alpha value is -4.18. The molecule has 0 radical (unpaired) electrons. The lowest BCUT2D eigenvalue weighted by Crippen LogP contribution is -2.34. The molecule has 10 heteroatoms. The van der Waals surface area contributed by atoms with E-state index in [0.717, 1.165) is 27.4 Å². The number of esters is 1. The van der Waals surface area contributed by atoms with E-state index in [1.54, 1.807) is 31.2 Å². The van der Waals surface area contributed by atoms with Crippen molar-refractivity contribution >= 4 is 51.4 Å². The number of imide groups is 1. The zero-order chi connectivity index (χ0) is 24.9. The number of nitrogens with zero attached hydrogens (tertiary/aromatic N) is 2. The number of ether oxygens (including phenoxy) is 2. The highest BCUT2D eigenvalue weighted by molar-refractivity contribution is 8.18. The minimum absolute atomic E-state index is 0.0416. The summed E-state index contributed by atoms with van der Waals surface area (Å²) in [6, 6.07) is 17.2. The Morgan fingerprint density at radius 1 is 1.11 bits per heavy atom. The molecule has 0 bridgehead atoms. The third-order valence-electron chi connectivity index (χ3n) is 5.19. The maximum Gasteiger partial charge on any atom is 0.326 e. The van der Waals surface area contributed by atoms with E-state index in [-0.39, 0.29) is 23.8 Å². The van der Waals surface area contributed by atoms with Gasteiger partial charge in [0.05, 0.1) is 16.4 Å². The van der Waals surface area contributed by atoms with Crippen molar-refractivity contribution in [2.75, 3.05) is 13.2 Å². The molecule has 0 spiro atoms. The molecular weight excluding hydrogens is 472 g/mol. The molecule has 2 amide bonds. The van der Waals surface area contributed by atoms with Gasteiger partial charge in [-0.05, 0) is 47.2 Å². The van der Waals surface area contributed by atoms with Gasteiger partial charge in [-0.15, -0.1) is 0 Å². The van der Waals surface area contributed by atoms with Crippen LogP contribution in [0.15, 0.2) is 65.6 Å². The number of fused-ring (bicyclic) bond motifs is 1. The quantitative estimate of drug-likeness (QED) is 0.188. The third-order valence-corrected chi connectivity index (χ3v) is 6.10. The fourth-order valence-corrected chi connectivity index (χ4v) is 4.39. The smallest absolute Gasteiger partial charge is 0.326 e. The van der Waals surface area contributed by atoms with E-state index >= 15 is 0 Å². The predicted octanol–water partition coefficient (Wildman–Crippen LogP) is 4.93. The van der Waals surface area contributed by atoms with Crippen molar-refractivity contribution in [1.29, 1.82) is 0 Å². The van der Waals surface area contributed by atoms with Crippen LogP contribution < -0.4 is 4.74 Å². The summed E-state index contributed by atoms with van der Waals surface area (Å²) in [5, 5.41) is 12.2. The van der Waals surface area contributed by atoms with Gasteiger partial charge in [-0.3, -0.25) is 29.4 Å². The van der Waals surface area contributed by atoms with E-state index in [2.05, 4.69) is 0 Å². The number of carbonyl (C=O) groups is 3. The van der Waals surface area contributed by atoms with Crippen molar-refractivity contribution in [3.8, 4) is 5.75 Å². The van der Waals surface area contributed by atoms with Crippen LogP contribution in [0, 0.1) is 10.1 Å². The summed E-state index contributed by atoms with van der Waals surface area (Å²) in [5.41, 5.74) is 1.14. The van der Waals surface area contributed by atoms with E-state index in [9.17, 15) is 24.5 Å². The summed E-state index contributed by atoms with van der Waals surface area (Å²) in [6.07, 6.45) is 1.57. The SMILES string of the molecule is CCOC(=O)CN1C(=O)S/C(=C/c2c(OCc3cccc([N+](=O)[O-])c3)ccc3ccccc23)C1=O. The van der Waals surface area contributed by atoms with Gasteiger partial charge in [0.1, 0.15) is 18.9 Å². The van der Waals surface area contributed by atoms with Crippen molar-refractivity contribution in [2.45, 2.75) is 13.5 Å². The number of non-ortho nitro benzene ring substituents is 1. The Balaban J connectivity index is 1.67. The number of nitro groups is 1. The highest BCUT2D eigenvalue weighted by Crippen LogP contribution is 2.37. The molecule has 4 rings (SSSR count). The largest absolute Gasteiger partial charge is 0.488 e. The fraction of sp³-hybridized carbons (Fsp3) is 0.160. The minimum Gasteiger partial charge on any atom is -0.488 e. The number of benzene rings is 3. The maximum absolute atomic E-state index is 12.9. The summed E-state index contributed by atoms with van der Waals surface area (Å²) in [4.78, 5) is 48.7. The van der Waals surface area contributed by atoms with Crippen LogP contribution >= 0.6 is 11.8 Å². The molecule has 1 saturated heterocycles. The van der Waals surface area contributed by atoms with Gasteiger partial charge in [0.2, 0.25) is 0 Å². The maximum atomic E-state index is 12.9. The van der Waals surface area contributed by atoms with Gasteiger partial charge in [0, 0.05) is 17.7 Å². The molecule has 0 atom stereocenters. The van der Waals surface area contributed by atoms with Gasteiger partial charge in [-0.25, -0.2) is 0 Å². The van der Waals surface area contributed by atoms with Crippen LogP contribution in [0.4, 0.5) is 10.5 Å². The average molecular weight is 493 g/mol. The topological polar surface area (TPSA) is 116 Å². The zero-order valence-corrected chi connectivity index (χ0v) is 19.4. The van der Waals surface area contributed by atoms with Crippen LogP contribution in [0.5, 0.6) is 5.75 Å². The van der Waals surface area contributed by atoms with E-state index < -0.39 is 28.6 Å². The summed E-state index contributed by atoms with van der Waals surface area (Å²) in [7, 11) is 0. The van der Waals surface area contributed by atoms with E-state index in [4.69, 9.17) is 9.47 Å². The Morgan fingerprint density at radius 3 is 2.69 bits per heavy atom. The summed E-state index contributed by atoms with van der Waals surface area (Å²) in [5.74, 6) is -0.819. The van der Waals surface area contributed by atoms with Gasteiger partial charge in [-0.1, -0.05) is 42.5 Å². The van der Waals surface area contributed by atoms with E-state index in [1.165, 1.54) is 12.1 Å². The van der Waals surface area contributed by atoms with Gasteiger partial charge >= 0.3 is 5.97 Å². The number of hydrogen-bond acceptors (Lipinski definition) is 8. The molecule has 3 aromatic carbocycles. The van der Waals surface area contributed by atoms with Gasteiger partial charge < -0.3 is 9.47 Å². The number of amides is 2. The van der Waals surface area contributed by atoms with Crippen molar-refractivity contribution in [2.24, 2.45) is 0 Å². The number of thioether (sulfide) groups is 1. The Labute approximate surface area is 204 Å². The molecule has 0 aromatic heterocycles. The second-order valence-electron chi connectivity index (χ2n) is 7.49. The van der Waals surface area contributed by atoms with Crippen molar-refractivity contribution in [1.82, 2.24) is 4.90 Å². The van der Waals surface area contributed by atoms with Crippen molar-refractivity contribution in [3.63, 3.8) is 0 Å². The molecule has 9 nitrogen and oxygen atoms in total. The lowest BCUT2D eigenvalue weighted by Gasteiger charge is -2.13. The molecule has 3 aromatic rings. The monoisotopic (exact) mass is 492 g/mol. The molecule has 0 saturated carbocycles. The van der Waals surface area contributed by atoms with Gasteiger partial charge in [0.15, 0.2) is 0 Å². The average Bonchev–Trinajstić information content (AvgIpc) is 3.11. The minimum atomic E-state index is -0.665. The first kappa shape index (κ1) is 24.0. The highest BCUT2D eigenvalue weighted by Gasteiger charge is 2.37. The molecule has 0 unspecified atom stereocenters. The molecule has 1 aliphatic rings. The molecule has 1 heterocycles. The molecule has 0 N–H and O–H groups in total. The highest BCUT2D eigenvalue weighted by atomic mass is 32.2. The normalized spacial score (nSPS) is 14.5. The first-order valence-electron chi connectivity index (χ1n) is 10.7. The summed E-state index contributed by atoms with van der Waals surface area (Å²) >= 11 is 0.734. The third kappa shape index (κ3) is 5.33. The van der Waals surface area contributed by atoms with Crippen LogP contribution in [0.25, 0.3) is 16.8 Å². The van der Waals surface area contributed by atoms with Crippen molar-refractivity contribution in [3.05, 3.63) is 86.8 Å². The lowest BCUT2D eigenvalue weighted by atomic mass is 10.0. The number of hydrogen-bond donors (Lipinski definition) is 0. The molecular formula is C25H20N2O7S.